The number of unbranched alkanes of at least 4 members (excludes halogenated alkanes) is 2. The van der Waals surface area contributed by atoms with Crippen molar-refractivity contribution in [2.75, 3.05) is 11.4 Å². The number of nitrogens with zero attached hydrogens (tertiary/aromatic N) is 1. The Kier molecular flexibility index (Phi) is 6.52. The summed E-state index contributed by atoms with van der Waals surface area (Å²) in [6, 6.07) is 4.42. The van der Waals surface area contributed by atoms with E-state index in [4.69, 9.17) is 5.73 Å². The van der Waals surface area contributed by atoms with Gasteiger partial charge in [-0.15, -0.1) is 0 Å². The summed E-state index contributed by atoms with van der Waals surface area (Å²) in [4.78, 5) is 1.83. The standard InChI is InChI=1S/C16H25F3N2/c1-4-5-6-9-21(12(2)3)15-8-7-13(11-20)10-14(15)16(17,18)19/h7-8,10,12H,4-6,9,11,20H2,1-3H3. The molecule has 0 aliphatic heterocycles. The molecule has 0 spiro atoms. The Bertz CT molecular complexity index is 442. The number of nitrogens with two attached hydrogens (primary N) is 1. The lowest BCUT2D eigenvalue weighted by Crippen LogP contribution is -2.33. The summed E-state index contributed by atoms with van der Waals surface area (Å²) < 4.78 is 39.9. The van der Waals surface area contributed by atoms with Crippen molar-refractivity contribution in [1.29, 1.82) is 0 Å². The first-order valence-electron chi connectivity index (χ1n) is 7.48. The SMILES string of the molecule is CCCCCN(c1ccc(CN)cc1C(F)(F)F)C(C)C. The third-order valence-electron chi connectivity index (χ3n) is 3.54. The summed E-state index contributed by atoms with van der Waals surface area (Å²) in [5, 5.41) is 0. The molecule has 2 N–H and O–H groups in total. The van der Waals surface area contributed by atoms with Gasteiger partial charge in [0.15, 0.2) is 0 Å². The molecular formula is C16H25F3N2. The van der Waals surface area contributed by atoms with E-state index in [0.717, 1.165) is 19.3 Å². The quantitative estimate of drug-likeness (QED) is 0.748. The summed E-state index contributed by atoms with van der Waals surface area (Å²) in [7, 11) is 0. The monoisotopic (exact) mass is 302 g/mol. The van der Waals surface area contributed by atoms with Crippen molar-refractivity contribution in [3.8, 4) is 0 Å². The number of halogens is 3. The Morgan fingerprint density at radius 1 is 1.19 bits per heavy atom. The third-order valence-corrected chi connectivity index (χ3v) is 3.54. The Morgan fingerprint density at radius 3 is 2.33 bits per heavy atom. The van der Waals surface area contributed by atoms with Gasteiger partial charge in [0.1, 0.15) is 0 Å². The van der Waals surface area contributed by atoms with E-state index in [1.807, 2.05) is 18.7 Å². The van der Waals surface area contributed by atoms with E-state index in [1.165, 1.54) is 6.07 Å². The highest BCUT2D eigenvalue weighted by atomic mass is 19.4. The second kappa shape index (κ2) is 7.69. The van der Waals surface area contributed by atoms with Gasteiger partial charge in [-0.2, -0.15) is 13.2 Å². The molecule has 0 fully saturated rings. The maximum Gasteiger partial charge on any atom is 0.418 e. The number of hydrogen-bond acceptors (Lipinski definition) is 2. The molecule has 0 amide bonds. The molecule has 2 nitrogen and oxygen atoms in total. The highest BCUT2D eigenvalue weighted by Crippen LogP contribution is 2.38. The zero-order valence-corrected chi connectivity index (χ0v) is 13.0. The van der Waals surface area contributed by atoms with E-state index in [9.17, 15) is 13.2 Å². The fourth-order valence-corrected chi connectivity index (χ4v) is 2.38. The van der Waals surface area contributed by atoms with Crippen LogP contribution in [0.15, 0.2) is 18.2 Å². The first kappa shape index (κ1) is 17.8. The molecule has 21 heavy (non-hydrogen) atoms. The van der Waals surface area contributed by atoms with Crippen LogP contribution in [-0.4, -0.2) is 12.6 Å². The van der Waals surface area contributed by atoms with E-state index >= 15 is 0 Å². The van der Waals surface area contributed by atoms with Gasteiger partial charge in [-0.05, 0) is 38.0 Å². The van der Waals surface area contributed by atoms with Crippen molar-refractivity contribution < 1.29 is 13.2 Å². The van der Waals surface area contributed by atoms with Gasteiger partial charge >= 0.3 is 6.18 Å². The van der Waals surface area contributed by atoms with Crippen LogP contribution in [0.3, 0.4) is 0 Å². The fourth-order valence-electron chi connectivity index (χ4n) is 2.38. The van der Waals surface area contributed by atoms with Gasteiger partial charge in [-0.1, -0.05) is 25.8 Å². The molecular weight excluding hydrogens is 277 g/mol. The number of rotatable bonds is 7. The predicted octanol–water partition coefficient (Wildman–Crippen LogP) is 4.57. The third kappa shape index (κ3) is 4.92. The van der Waals surface area contributed by atoms with Crippen LogP contribution in [0.2, 0.25) is 0 Å². The topological polar surface area (TPSA) is 29.3 Å². The lowest BCUT2D eigenvalue weighted by Gasteiger charge is -2.31. The fraction of sp³-hybridized carbons (Fsp3) is 0.625. The van der Waals surface area contributed by atoms with Crippen LogP contribution in [0.4, 0.5) is 18.9 Å². The molecule has 0 radical (unpaired) electrons. The molecule has 0 saturated carbocycles. The predicted molar refractivity (Wildman–Crippen MR) is 81.3 cm³/mol. The van der Waals surface area contributed by atoms with E-state index in [1.54, 1.807) is 12.1 Å². The minimum atomic E-state index is -4.36. The van der Waals surface area contributed by atoms with Crippen LogP contribution in [0.5, 0.6) is 0 Å². The summed E-state index contributed by atoms with van der Waals surface area (Å²) in [5.74, 6) is 0. The Morgan fingerprint density at radius 2 is 1.86 bits per heavy atom. The molecule has 0 aromatic heterocycles. The summed E-state index contributed by atoms with van der Waals surface area (Å²) >= 11 is 0. The first-order valence-corrected chi connectivity index (χ1v) is 7.48. The van der Waals surface area contributed by atoms with Gasteiger partial charge in [-0.25, -0.2) is 0 Å². The molecule has 1 aromatic rings. The van der Waals surface area contributed by atoms with E-state index in [0.29, 0.717) is 12.1 Å². The highest BCUT2D eigenvalue weighted by molar-refractivity contribution is 5.57. The summed E-state index contributed by atoms with van der Waals surface area (Å²) in [6.07, 6.45) is -1.40. The van der Waals surface area contributed by atoms with Gasteiger partial charge in [0, 0.05) is 24.8 Å². The maximum absolute atomic E-state index is 13.3. The van der Waals surface area contributed by atoms with Crippen LogP contribution in [0.25, 0.3) is 0 Å². The number of hydrogen-bond donors (Lipinski definition) is 1. The van der Waals surface area contributed by atoms with Crippen molar-refractivity contribution in [3.63, 3.8) is 0 Å². The van der Waals surface area contributed by atoms with Crippen molar-refractivity contribution in [1.82, 2.24) is 0 Å². The molecule has 0 unspecified atom stereocenters. The van der Waals surface area contributed by atoms with Crippen LogP contribution < -0.4 is 10.6 Å². The van der Waals surface area contributed by atoms with Crippen molar-refractivity contribution in [2.45, 2.75) is 58.8 Å². The molecule has 0 saturated heterocycles. The normalized spacial score (nSPS) is 12.0. The van der Waals surface area contributed by atoms with Crippen LogP contribution in [-0.2, 0) is 12.7 Å². The molecule has 0 aliphatic rings. The molecule has 1 aromatic carbocycles. The summed E-state index contributed by atoms with van der Waals surface area (Å²) in [5.41, 5.74) is 5.64. The molecule has 0 aliphatic carbocycles. The van der Waals surface area contributed by atoms with Gasteiger partial charge in [-0.3, -0.25) is 0 Å². The zero-order chi connectivity index (χ0) is 16.0. The van der Waals surface area contributed by atoms with Crippen LogP contribution in [0.1, 0.15) is 51.2 Å². The maximum atomic E-state index is 13.3. The lowest BCUT2D eigenvalue weighted by molar-refractivity contribution is -0.137. The minimum absolute atomic E-state index is 0.0201. The summed E-state index contributed by atoms with van der Waals surface area (Å²) in [6.45, 7) is 6.67. The Labute approximate surface area is 125 Å². The zero-order valence-electron chi connectivity index (χ0n) is 13.0. The van der Waals surface area contributed by atoms with Crippen LogP contribution in [0, 0.1) is 0 Å². The second-order valence-electron chi connectivity index (χ2n) is 5.55. The minimum Gasteiger partial charge on any atom is -0.369 e. The smallest absolute Gasteiger partial charge is 0.369 e. The van der Waals surface area contributed by atoms with Crippen molar-refractivity contribution >= 4 is 5.69 Å². The molecule has 1 rings (SSSR count). The molecule has 120 valence electrons. The van der Waals surface area contributed by atoms with Crippen LogP contribution >= 0.6 is 0 Å². The average Bonchev–Trinajstić information content (AvgIpc) is 2.42. The van der Waals surface area contributed by atoms with E-state index in [2.05, 4.69) is 6.92 Å². The molecule has 0 heterocycles. The molecule has 0 bridgehead atoms. The first-order chi connectivity index (χ1) is 9.81. The van der Waals surface area contributed by atoms with E-state index < -0.39 is 11.7 Å². The molecule has 5 heteroatoms. The van der Waals surface area contributed by atoms with Crippen molar-refractivity contribution in [2.24, 2.45) is 5.73 Å². The lowest BCUT2D eigenvalue weighted by atomic mass is 10.1. The van der Waals surface area contributed by atoms with Gasteiger partial charge in [0.25, 0.3) is 0 Å². The van der Waals surface area contributed by atoms with Gasteiger partial charge < -0.3 is 10.6 Å². The van der Waals surface area contributed by atoms with Gasteiger partial charge in [0.05, 0.1) is 5.56 Å². The van der Waals surface area contributed by atoms with Crippen molar-refractivity contribution in [3.05, 3.63) is 29.3 Å². The molecule has 0 atom stereocenters. The highest BCUT2D eigenvalue weighted by Gasteiger charge is 2.35. The van der Waals surface area contributed by atoms with Gasteiger partial charge in [0.2, 0.25) is 0 Å². The number of benzene rings is 1. The number of anilines is 1. The second-order valence-corrected chi connectivity index (χ2v) is 5.55. The largest absolute Gasteiger partial charge is 0.418 e. The average molecular weight is 302 g/mol. The Balaban J connectivity index is 3.17. The Hall–Kier alpha value is -1.23. The van der Waals surface area contributed by atoms with E-state index in [-0.39, 0.29) is 18.3 Å². The number of alkyl halides is 3.